The first-order chi connectivity index (χ1) is 8.72. The van der Waals surface area contributed by atoms with Gasteiger partial charge < -0.3 is 4.40 Å². The van der Waals surface area contributed by atoms with E-state index in [-0.39, 0.29) is 0 Å². The van der Waals surface area contributed by atoms with E-state index < -0.39 is 0 Å². The van der Waals surface area contributed by atoms with Crippen LogP contribution in [-0.2, 0) is 6.42 Å². The van der Waals surface area contributed by atoms with Gasteiger partial charge in [0.15, 0.2) is 0 Å². The van der Waals surface area contributed by atoms with Gasteiger partial charge in [-0.05, 0) is 29.8 Å². The Labute approximate surface area is 115 Å². The minimum absolute atomic E-state index is 0.706. The van der Waals surface area contributed by atoms with E-state index in [9.17, 15) is 0 Å². The third-order valence-electron chi connectivity index (χ3n) is 2.84. The zero-order chi connectivity index (χ0) is 12.5. The molecule has 0 aliphatic rings. The predicted molar refractivity (Wildman–Crippen MR) is 74.5 cm³/mol. The highest BCUT2D eigenvalue weighted by atomic mass is 35.5. The summed E-state index contributed by atoms with van der Waals surface area (Å²) in [6.07, 6.45) is 4.49. The van der Waals surface area contributed by atoms with Gasteiger partial charge in [0.25, 0.3) is 0 Å². The average Bonchev–Trinajstić information content (AvgIpc) is 2.75. The number of fused-ring (bicyclic) bond motifs is 1. The Morgan fingerprint density at radius 1 is 0.944 bits per heavy atom. The molecular weight excluding hydrogens is 267 g/mol. The summed E-state index contributed by atoms with van der Waals surface area (Å²) in [7, 11) is 0. The van der Waals surface area contributed by atoms with E-state index in [0.717, 1.165) is 22.8 Å². The fourth-order valence-corrected chi connectivity index (χ4v) is 2.22. The van der Waals surface area contributed by atoms with Crippen molar-refractivity contribution < 1.29 is 0 Å². The average molecular weight is 277 g/mol. The molecule has 3 aromatic rings. The van der Waals surface area contributed by atoms with Crippen molar-refractivity contribution in [1.29, 1.82) is 0 Å². The maximum atomic E-state index is 6.01. The second-order valence-electron chi connectivity index (χ2n) is 4.12. The smallest absolute Gasteiger partial charge is 0.117 e. The van der Waals surface area contributed by atoms with E-state index in [1.165, 1.54) is 5.56 Å². The highest BCUT2D eigenvalue weighted by molar-refractivity contribution is 6.30. The maximum Gasteiger partial charge on any atom is 0.117 e. The number of imidazole rings is 1. The van der Waals surface area contributed by atoms with Crippen LogP contribution in [0.2, 0.25) is 10.0 Å². The van der Waals surface area contributed by atoms with Crippen LogP contribution in [0.1, 0.15) is 11.4 Å². The van der Waals surface area contributed by atoms with Gasteiger partial charge in [0.05, 0.1) is 16.7 Å². The number of nitrogens with zero attached hydrogens (tertiary/aromatic N) is 2. The molecule has 90 valence electrons. The summed E-state index contributed by atoms with van der Waals surface area (Å²) in [5.41, 5.74) is 2.22. The van der Waals surface area contributed by atoms with E-state index >= 15 is 0 Å². The molecule has 18 heavy (non-hydrogen) atoms. The second-order valence-corrected chi connectivity index (χ2v) is 4.99. The summed E-state index contributed by atoms with van der Waals surface area (Å²) in [6, 6.07) is 11.6. The summed E-state index contributed by atoms with van der Waals surface area (Å²) < 4.78 is 2.01. The van der Waals surface area contributed by atoms with Crippen molar-refractivity contribution in [3.05, 3.63) is 70.2 Å². The molecule has 3 rings (SSSR count). The van der Waals surface area contributed by atoms with Gasteiger partial charge in [0, 0.05) is 17.6 Å². The molecule has 1 aromatic carbocycles. The van der Waals surface area contributed by atoms with Crippen LogP contribution in [0.3, 0.4) is 0 Å². The lowest BCUT2D eigenvalue weighted by Crippen LogP contribution is -1.96. The minimum atomic E-state index is 0.706. The first kappa shape index (κ1) is 11.6. The van der Waals surface area contributed by atoms with E-state index in [4.69, 9.17) is 23.2 Å². The van der Waals surface area contributed by atoms with Crippen LogP contribution in [0.15, 0.2) is 48.8 Å². The Bertz CT molecular complexity index is 687. The molecule has 0 saturated heterocycles. The molecule has 0 bridgehead atoms. The van der Waals surface area contributed by atoms with Crippen LogP contribution in [0.25, 0.3) is 5.52 Å². The highest BCUT2D eigenvalue weighted by Crippen LogP contribution is 2.17. The SMILES string of the molecule is Clc1ccc(Cc2ncc3ccc(Cl)cn23)cc1. The van der Waals surface area contributed by atoms with Crippen LogP contribution >= 0.6 is 23.2 Å². The van der Waals surface area contributed by atoms with Gasteiger partial charge in [-0.2, -0.15) is 0 Å². The molecule has 0 atom stereocenters. The number of hydrogen-bond acceptors (Lipinski definition) is 1. The van der Waals surface area contributed by atoms with Gasteiger partial charge in [0.2, 0.25) is 0 Å². The van der Waals surface area contributed by atoms with Crippen LogP contribution in [0.5, 0.6) is 0 Å². The lowest BCUT2D eigenvalue weighted by Gasteiger charge is -2.02. The molecule has 0 aliphatic heterocycles. The molecule has 0 saturated carbocycles. The molecule has 0 aliphatic carbocycles. The normalized spacial score (nSPS) is 11.0. The monoisotopic (exact) mass is 276 g/mol. The third kappa shape index (κ3) is 2.22. The molecule has 2 aromatic heterocycles. The van der Waals surface area contributed by atoms with E-state index in [1.54, 1.807) is 0 Å². The molecule has 2 nitrogen and oxygen atoms in total. The van der Waals surface area contributed by atoms with Gasteiger partial charge in [-0.15, -0.1) is 0 Å². The minimum Gasteiger partial charge on any atom is -0.302 e. The molecule has 0 unspecified atom stereocenters. The lowest BCUT2D eigenvalue weighted by molar-refractivity contribution is 0.962. The van der Waals surface area contributed by atoms with Gasteiger partial charge in [-0.3, -0.25) is 0 Å². The second kappa shape index (κ2) is 4.63. The molecule has 4 heteroatoms. The summed E-state index contributed by atoms with van der Waals surface area (Å²) in [4.78, 5) is 4.43. The first-order valence-corrected chi connectivity index (χ1v) is 6.34. The van der Waals surface area contributed by atoms with Gasteiger partial charge in [-0.25, -0.2) is 4.98 Å². The van der Waals surface area contributed by atoms with Crippen molar-refractivity contribution in [2.24, 2.45) is 0 Å². The number of aromatic nitrogens is 2. The van der Waals surface area contributed by atoms with Crippen molar-refractivity contribution >= 4 is 28.7 Å². The lowest BCUT2D eigenvalue weighted by atomic mass is 10.1. The Kier molecular flexibility index (Phi) is 2.98. The topological polar surface area (TPSA) is 17.3 Å². The molecular formula is C14H10Cl2N2. The molecule has 0 fully saturated rings. The zero-order valence-corrected chi connectivity index (χ0v) is 11.0. The summed E-state index contributed by atoms with van der Waals surface area (Å²) >= 11 is 11.9. The number of rotatable bonds is 2. The fraction of sp³-hybridized carbons (Fsp3) is 0.0714. The van der Waals surface area contributed by atoms with E-state index in [2.05, 4.69) is 4.98 Å². The third-order valence-corrected chi connectivity index (χ3v) is 3.32. The maximum absolute atomic E-state index is 6.01. The van der Waals surface area contributed by atoms with Gasteiger partial charge >= 0.3 is 0 Å². The van der Waals surface area contributed by atoms with Gasteiger partial charge in [-0.1, -0.05) is 35.3 Å². The van der Waals surface area contributed by atoms with Crippen molar-refractivity contribution in [3.8, 4) is 0 Å². The first-order valence-electron chi connectivity index (χ1n) is 5.58. The van der Waals surface area contributed by atoms with Crippen molar-refractivity contribution in [3.63, 3.8) is 0 Å². The fourth-order valence-electron chi connectivity index (χ4n) is 1.93. The Balaban J connectivity index is 1.99. The number of benzene rings is 1. The quantitative estimate of drug-likeness (QED) is 0.685. The summed E-state index contributed by atoms with van der Waals surface area (Å²) in [5, 5.41) is 1.45. The van der Waals surface area contributed by atoms with Crippen LogP contribution in [0.4, 0.5) is 0 Å². The number of pyridine rings is 1. The molecule has 0 spiro atoms. The Morgan fingerprint density at radius 2 is 1.67 bits per heavy atom. The Hall–Kier alpha value is -1.51. The van der Waals surface area contributed by atoms with Crippen LogP contribution in [-0.4, -0.2) is 9.38 Å². The van der Waals surface area contributed by atoms with E-state index in [0.29, 0.717) is 5.02 Å². The Morgan fingerprint density at radius 3 is 2.44 bits per heavy atom. The standard InChI is InChI=1S/C14H10Cl2N2/c15-11-3-1-10(2-4-11)7-14-17-8-13-6-5-12(16)9-18(13)14/h1-6,8-9H,7H2. The summed E-state index contributed by atoms with van der Waals surface area (Å²) in [5.74, 6) is 0.967. The molecule has 0 N–H and O–H groups in total. The highest BCUT2D eigenvalue weighted by Gasteiger charge is 2.05. The number of hydrogen-bond donors (Lipinski definition) is 0. The van der Waals surface area contributed by atoms with E-state index in [1.807, 2.05) is 53.2 Å². The van der Waals surface area contributed by atoms with Gasteiger partial charge in [0.1, 0.15) is 5.82 Å². The van der Waals surface area contributed by atoms with Crippen LogP contribution < -0.4 is 0 Å². The summed E-state index contributed by atoms with van der Waals surface area (Å²) in [6.45, 7) is 0. The number of halogens is 2. The van der Waals surface area contributed by atoms with Crippen LogP contribution in [0, 0.1) is 0 Å². The molecule has 0 amide bonds. The molecule has 2 heterocycles. The van der Waals surface area contributed by atoms with Crippen molar-refractivity contribution in [1.82, 2.24) is 9.38 Å². The zero-order valence-electron chi connectivity index (χ0n) is 9.48. The predicted octanol–water partition coefficient (Wildman–Crippen LogP) is 4.23. The van der Waals surface area contributed by atoms with Crippen molar-refractivity contribution in [2.75, 3.05) is 0 Å². The van der Waals surface area contributed by atoms with Crippen molar-refractivity contribution in [2.45, 2.75) is 6.42 Å². The largest absolute Gasteiger partial charge is 0.302 e. The molecule has 0 radical (unpaired) electrons.